The van der Waals surface area contributed by atoms with Gasteiger partial charge in [0.25, 0.3) is 0 Å². The molecule has 2 N–H and O–H groups in total. The van der Waals surface area contributed by atoms with Crippen LogP contribution in [0.25, 0.3) is 0 Å². The fourth-order valence-corrected chi connectivity index (χ4v) is 2.13. The Bertz CT molecular complexity index is 636. The van der Waals surface area contributed by atoms with Crippen molar-refractivity contribution in [3.05, 3.63) is 59.7 Å². The zero-order valence-electron chi connectivity index (χ0n) is 11.8. The van der Waals surface area contributed by atoms with Crippen LogP contribution in [0.5, 0.6) is 0 Å². The van der Waals surface area contributed by atoms with E-state index < -0.39 is 11.6 Å². The summed E-state index contributed by atoms with van der Waals surface area (Å²) in [5.41, 5.74) is 2.28. The lowest BCUT2D eigenvalue weighted by atomic mass is 10.0. The van der Waals surface area contributed by atoms with Crippen LogP contribution in [0, 0.1) is 11.6 Å². The molecule has 0 saturated heterocycles. The summed E-state index contributed by atoms with van der Waals surface area (Å²) in [7, 11) is 0. The molecule has 0 atom stereocenters. The molecule has 2 rings (SSSR count). The number of thiocarbonyl (C=S) groups is 1. The standard InChI is InChI=1S/C16H16F2N2S/c1-10(2)11-4-3-5-14(6-11)19-16(21)20-15-8-12(17)7-13(18)9-15/h3-10H,1-2H3,(H2,19,20,21). The highest BCUT2D eigenvalue weighted by atomic mass is 32.1. The number of halogens is 2. The number of benzene rings is 2. The zero-order valence-corrected chi connectivity index (χ0v) is 12.6. The third kappa shape index (κ3) is 4.49. The third-order valence-electron chi connectivity index (χ3n) is 2.93. The summed E-state index contributed by atoms with van der Waals surface area (Å²) in [6.07, 6.45) is 0. The minimum absolute atomic E-state index is 0.269. The Hall–Kier alpha value is -2.01. The van der Waals surface area contributed by atoms with Crippen LogP contribution >= 0.6 is 12.2 Å². The molecular weight excluding hydrogens is 290 g/mol. The number of anilines is 2. The van der Waals surface area contributed by atoms with Crippen molar-refractivity contribution < 1.29 is 8.78 Å². The van der Waals surface area contributed by atoms with Gasteiger partial charge in [0.1, 0.15) is 11.6 Å². The molecule has 5 heteroatoms. The first-order valence-electron chi connectivity index (χ1n) is 6.58. The van der Waals surface area contributed by atoms with Crippen molar-refractivity contribution in [2.24, 2.45) is 0 Å². The molecular formula is C16H16F2N2S. The molecule has 2 nitrogen and oxygen atoms in total. The second kappa shape index (κ2) is 6.63. The SMILES string of the molecule is CC(C)c1cccc(NC(=S)Nc2cc(F)cc(F)c2)c1. The minimum atomic E-state index is -0.651. The van der Waals surface area contributed by atoms with Gasteiger partial charge in [-0.15, -0.1) is 0 Å². The second-order valence-electron chi connectivity index (χ2n) is 5.02. The van der Waals surface area contributed by atoms with Crippen molar-refractivity contribution in [1.29, 1.82) is 0 Å². The van der Waals surface area contributed by atoms with Crippen molar-refractivity contribution >= 4 is 28.7 Å². The number of nitrogens with one attached hydrogen (secondary N) is 2. The molecule has 0 amide bonds. The van der Waals surface area contributed by atoms with E-state index in [2.05, 4.69) is 24.5 Å². The van der Waals surface area contributed by atoms with Gasteiger partial charge in [-0.2, -0.15) is 0 Å². The van der Waals surface area contributed by atoms with Gasteiger partial charge < -0.3 is 10.6 Å². The van der Waals surface area contributed by atoms with Crippen LogP contribution < -0.4 is 10.6 Å². The molecule has 0 radical (unpaired) electrons. The van der Waals surface area contributed by atoms with Crippen molar-refractivity contribution in [3.8, 4) is 0 Å². The minimum Gasteiger partial charge on any atom is -0.332 e. The summed E-state index contributed by atoms with van der Waals surface area (Å²) in [6.45, 7) is 4.20. The summed E-state index contributed by atoms with van der Waals surface area (Å²) in [4.78, 5) is 0. The molecule has 0 spiro atoms. The predicted octanol–water partition coefficient (Wildman–Crippen LogP) is 4.90. The van der Waals surface area contributed by atoms with E-state index in [0.717, 1.165) is 11.8 Å². The summed E-state index contributed by atoms with van der Waals surface area (Å²) in [5.74, 6) is -0.894. The molecule has 0 saturated carbocycles. The van der Waals surface area contributed by atoms with Gasteiger partial charge >= 0.3 is 0 Å². The smallest absolute Gasteiger partial charge is 0.175 e. The molecule has 0 bridgehead atoms. The first kappa shape index (κ1) is 15.4. The maximum atomic E-state index is 13.1. The van der Waals surface area contributed by atoms with E-state index in [1.807, 2.05) is 24.3 Å². The van der Waals surface area contributed by atoms with Crippen molar-refractivity contribution in [2.75, 3.05) is 10.6 Å². The summed E-state index contributed by atoms with van der Waals surface area (Å²) in [6, 6.07) is 11.0. The van der Waals surface area contributed by atoms with Crippen LogP contribution in [-0.2, 0) is 0 Å². The van der Waals surface area contributed by atoms with Crippen molar-refractivity contribution in [1.82, 2.24) is 0 Å². The van der Waals surface area contributed by atoms with E-state index in [4.69, 9.17) is 12.2 Å². The fourth-order valence-electron chi connectivity index (χ4n) is 1.89. The van der Waals surface area contributed by atoms with Gasteiger partial charge in [0.2, 0.25) is 0 Å². The Morgan fingerprint density at radius 3 is 2.19 bits per heavy atom. The van der Waals surface area contributed by atoms with Crippen LogP contribution in [-0.4, -0.2) is 5.11 Å². The Labute approximate surface area is 128 Å². The number of hydrogen-bond acceptors (Lipinski definition) is 1. The third-order valence-corrected chi connectivity index (χ3v) is 3.14. The molecule has 2 aromatic rings. The monoisotopic (exact) mass is 306 g/mol. The van der Waals surface area contributed by atoms with Gasteiger partial charge in [0, 0.05) is 17.4 Å². The molecule has 0 fully saturated rings. The lowest BCUT2D eigenvalue weighted by Crippen LogP contribution is -2.19. The molecule has 0 unspecified atom stereocenters. The van der Waals surface area contributed by atoms with E-state index in [0.29, 0.717) is 5.92 Å². The summed E-state index contributed by atoms with van der Waals surface area (Å²) in [5, 5.41) is 6.04. The first-order chi connectivity index (χ1) is 9.94. The van der Waals surface area contributed by atoms with Crippen LogP contribution in [0.4, 0.5) is 20.2 Å². The highest BCUT2D eigenvalue weighted by Crippen LogP contribution is 2.19. The largest absolute Gasteiger partial charge is 0.332 e. The summed E-state index contributed by atoms with van der Waals surface area (Å²) < 4.78 is 26.2. The van der Waals surface area contributed by atoms with E-state index in [9.17, 15) is 8.78 Å². The molecule has 0 aromatic heterocycles. The number of rotatable bonds is 3. The average molecular weight is 306 g/mol. The quantitative estimate of drug-likeness (QED) is 0.789. The van der Waals surface area contributed by atoms with Crippen molar-refractivity contribution in [2.45, 2.75) is 19.8 Å². The Morgan fingerprint density at radius 1 is 0.952 bits per heavy atom. The lowest BCUT2D eigenvalue weighted by molar-refractivity contribution is 0.584. The van der Waals surface area contributed by atoms with E-state index in [-0.39, 0.29) is 10.8 Å². The van der Waals surface area contributed by atoms with E-state index in [1.165, 1.54) is 17.7 Å². The predicted molar refractivity (Wildman–Crippen MR) is 86.7 cm³/mol. The average Bonchev–Trinajstić information content (AvgIpc) is 2.37. The molecule has 0 aliphatic carbocycles. The Balaban J connectivity index is 2.06. The van der Waals surface area contributed by atoms with Gasteiger partial charge in [-0.05, 0) is 48.0 Å². The highest BCUT2D eigenvalue weighted by molar-refractivity contribution is 7.80. The Morgan fingerprint density at radius 2 is 1.57 bits per heavy atom. The molecule has 21 heavy (non-hydrogen) atoms. The highest BCUT2D eigenvalue weighted by Gasteiger charge is 2.04. The van der Waals surface area contributed by atoms with Gasteiger partial charge in [0.05, 0.1) is 0 Å². The molecule has 0 aliphatic rings. The van der Waals surface area contributed by atoms with Crippen molar-refractivity contribution in [3.63, 3.8) is 0 Å². The molecule has 110 valence electrons. The van der Waals surface area contributed by atoms with E-state index in [1.54, 1.807) is 0 Å². The van der Waals surface area contributed by atoms with Crippen LogP contribution in [0.1, 0.15) is 25.3 Å². The van der Waals surface area contributed by atoms with E-state index >= 15 is 0 Å². The topological polar surface area (TPSA) is 24.1 Å². The molecule has 0 aliphatic heterocycles. The number of hydrogen-bond donors (Lipinski definition) is 2. The maximum Gasteiger partial charge on any atom is 0.175 e. The van der Waals surface area contributed by atoms with Crippen LogP contribution in [0.2, 0.25) is 0 Å². The van der Waals surface area contributed by atoms with Crippen LogP contribution in [0.15, 0.2) is 42.5 Å². The summed E-state index contributed by atoms with van der Waals surface area (Å²) >= 11 is 5.15. The molecule has 0 heterocycles. The normalized spacial score (nSPS) is 10.5. The maximum absolute atomic E-state index is 13.1. The molecule has 2 aromatic carbocycles. The first-order valence-corrected chi connectivity index (χ1v) is 6.99. The van der Waals surface area contributed by atoms with Crippen LogP contribution in [0.3, 0.4) is 0 Å². The lowest BCUT2D eigenvalue weighted by Gasteiger charge is -2.13. The fraction of sp³-hybridized carbons (Fsp3) is 0.188. The second-order valence-corrected chi connectivity index (χ2v) is 5.43. The zero-order chi connectivity index (χ0) is 15.4. The van der Waals surface area contributed by atoms with Gasteiger partial charge in [-0.3, -0.25) is 0 Å². The Kier molecular flexibility index (Phi) is 4.85. The van der Waals surface area contributed by atoms with Gasteiger partial charge in [0.15, 0.2) is 5.11 Å². The van der Waals surface area contributed by atoms with Gasteiger partial charge in [-0.25, -0.2) is 8.78 Å². The van der Waals surface area contributed by atoms with Gasteiger partial charge in [-0.1, -0.05) is 26.0 Å².